The van der Waals surface area contributed by atoms with Crippen molar-refractivity contribution in [3.63, 3.8) is 0 Å². The van der Waals surface area contributed by atoms with Crippen LogP contribution in [0, 0.1) is 5.92 Å². The molecule has 4 amide bonds. The van der Waals surface area contributed by atoms with Crippen LogP contribution in [0.5, 0.6) is 5.75 Å². The number of benzene rings is 1. The first kappa shape index (κ1) is 112. The van der Waals surface area contributed by atoms with Crippen molar-refractivity contribution in [2.75, 3.05) is 65.9 Å². The lowest BCUT2D eigenvalue weighted by molar-refractivity contribution is -0.151. The van der Waals surface area contributed by atoms with Gasteiger partial charge in [-0.05, 0) is 114 Å². The predicted octanol–water partition coefficient (Wildman–Crippen LogP) is 20.5. The van der Waals surface area contributed by atoms with Crippen LogP contribution in [0.3, 0.4) is 0 Å². The molecule has 119 heavy (non-hydrogen) atoms. The molecular formula is C92H164N4O21P2. The van der Waals surface area contributed by atoms with Crippen molar-refractivity contribution in [3.8, 4) is 5.75 Å². The van der Waals surface area contributed by atoms with Crippen molar-refractivity contribution in [3.05, 3.63) is 54.1 Å². The maximum Gasteiger partial charge on any atom is 0.472 e. The Morgan fingerprint density at radius 3 is 1.04 bits per heavy atom. The van der Waals surface area contributed by atoms with E-state index in [0.717, 1.165) is 154 Å². The fourth-order valence-electron chi connectivity index (χ4n) is 13.6. The number of phosphoric acid groups is 2. The maximum atomic E-state index is 13.9. The van der Waals surface area contributed by atoms with Crippen LogP contribution in [0.4, 0.5) is 0 Å². The van der Waals surface area contributed by atoms with Crippen molar-refractivity contribution in [1.82, 2.24) is 21.3 Å². The van der Waals surface area contributed by atoms with Gasteiger partial charge in [-0.15, -0.1) is 0 Å². The van der Waals surface area contributed by atoms with Gasteiger partial charge < -0.3 is 55.1 Å². The second-order valence-electron chi connectivity index (χ2n) is 32.1. The van der Waals surface area contributed by atoms with Crippen LogP contribution in [0.15, 0.2) is 48.6 Å². The van der Waals surface area contributed by atoms with Gasteiger partial charge in [-0.1, -0.05) is 271 Å². The van der Waals surface area contributed by atoms with E-state index in [-0.39, 0.29) is 87.8 Å². The van der Waals surface area contributed by atoms with E-state index >= 15 is 0 Å². The summed E-state index contributed by atoms with van der Waals surface area (Å²) in [6, 6.07) is 3.69. The summed E-state index contributed by atoms with van der Waals surface area (Å²) in [5.41, 5.74) is 0.465. The molecule has 6 atom stereocenters. The highest BCUT2D eigenvalue weighted by Crippen LogP contribution is 2.44. The number of allylic oxidation sites excluding steroid dienone is 4. The van der Waals surface area contributed by atoms with Gasteiger partial charge in [0.25, 0.3) is 0 Å². The normalized spacial score (nSPS) is 13.9. The monoisotopic (exact) mass is 1720 g/mol. The lowest BCUT2D eigenvalue weighted by Crippen LogP contribution is -2.44. The standard InChI is InChI=1S/C92H164N4O21P2/c1-7-13-19-25-29-33-37-43-47-53-82(98)72-87(100)95-79(74-110-67-63-84(55-49-41-23-17-11-5)116-89(102)57-51-45-39-35-31-27-21-15-9-3)76-114-118(106,107)112-69-65-93-91(104)86(71-78-59-61-81(97)62-60-78)92(105)94-66-70-113-119(108,109)115-77-80(96-88(101)73-83(99)54-48-44-38-34-30-26-20-14-8-2)75-111-68-64-85(56-50-42-24-18-12-6)117-90(103)58-52-46-40-36-32-28-22-16-10-4/h35-36,39-40,59-62,79-80,84-86,97H,7-34,37-38,41-58,63-77H2,1-6H3,(H,93,104)(H,94,105)(H,95,100)(H,96,101)(H,106,107)(H,108,109)/b39-35-,40-36-. The van der Waals surface area contributed by atoms with E-state index in [9.17, 15) is 62.4 Å². The minimum Gasteiger partial charge on any atom is -0.508 e. The van der Waals surface area contributed by atoms with E-state index in [0.29, 0.717) is 56.9 Å². The maximum absolute atomic E-state index is 13.9. The van der Waals surface area contributed by atoms with Crippen LogP contribution < -0.4 is 21.3 Å². The molecule has 1 rings (SSSR count). The third-order valence-electron chi connectivity index (χ3n) is 20.7. The molecular weight excluding hydrogens is 1560 g/mol. The molecule has 0 spiro atoms. The van der Waals surface area contributed by atoms with Crippen molar-refractivity contribution in [2.24, 2.45) is 5.92 Å². The van der Waals surface area contributed by atoms with E-state index in [1.807, 2.05) is 0 Å². The lowest BCUT2D eigenvalue weighted by atomic mass is 9.97. The Bertz CT molecular complexity index is 2740. The number of aromatic hydroxyl groups is 1. The smallest absolute Gasteiger partial charge is 0.472 e. The Morgan fingerprint density at radius 1 is 0.370 bits per heavy atom. The largest absolute Gasteiger partial charge is 0.508 e. The highest BCUT2D eigenvalue weighted by atomic mass is 31.2. The summed E-state index contributed by atoms with van der Waals surface area (Å²) in [5.74, 6) is -5.55. The van der Waals surface area contributed by atoms with E-state index in [2.05, 4.69) is 87.1 Å². The summed E-state index contributed by atoms with van der Waals surface area (Å²) >= 11 is 0. The van der Waals surface area contributed by atoms with E-state index < -0.39 is 122 Å². The molecule has 0 fully saturated rings. The van der Waals surface area contributed by atoms with Gasteiger partial charge in [-0.3, -0.25) is 56.5 Å². The van der Waals surface area contributed by atoms with E-state index in [4.69, 9.17) is 37.0 Å². The average Bonchev–Trinajstić information content (AvgIpc) is 0.860. The highest BCUT2D eigenvalue weighted by molar-refractivity contribution is 7.47. The van der Waals surface area contributed by atoms with Gasteiger partial charge in [0, 0.05) is 51.6 Å². The topological polar surface area (TPSA) is 353 Å². The van der Waals surface area contributed by atoms with Gasteiger partial charge in [0.15, 0.2) is 0 Å². The third kappa shape index (κ3) is 69.9. The molecule has 0 radical (unpaired) electrons. The summed E-state index contributed by atoms with van der Waals surface area (Å²) < 4.78 is 72.2. The van der Waals surface area contributed by atoms with Gasteiger partial charge in [-0.2, -0.15) is 0 Å². The average molecular weight is 1720 g/mol. The molecule has 0 aliphatic rings. The predicted molar refractivity (Wildman–Crippen MR) is 472 cm³/mol. The molecule has 688 valence electrons. The minimum atomic E-state index is -4.93. The molecule has 0 bridgehead atoms. The Labute approximate surface area is 717 Å². The van der Waals surface area contributed by atoms with Crippen molar-refractivity contribution in [1.29, 1.82) is 0 Å². The van der Waals surface area contributed by atoms with E-state index in [1.165, 1.54) is 114 Å². The lowest BCUT2D eigenvalue weighted by Gasteiger charge is -2.22. The van der Waals surface area contributed by atoms with Crippen molar-refractivity contribution >= 4 is 62.8 Å². The number of esters is 2. The molecule has 0 saturated carbocycles. The van der Waals surface area contributed by atoms with Crippen LogP contribution in [-0.4, -0.2) is 152 Å². The number of unbranched alkanes of at least 4 members (excludes halogenated alkanes) is 34. The molecule has 7 N–H and O–H groups in total. The van der Waals surface area contributed by atoms with E-state index in [1.54, 1.807) is 0 Å². The highest BCUT2D eigenvalue weighted by Gasteiger charge is 2.31. The first-order valence-electron chi connectivity index (χ1n) is 46.6. The van der Waals surface area contributed by atoms with Gasteiger partial charge in [-0.25, -0.2) is 9.13 Å². The van der Waals surface area contributed by atoms with Crippen LogP contribution in [0.1, 0.15) is 381 Å². The SMILES string of the molecule is CCCCCC/C=C\CCCC(=O)OC(CCCCCCC)CCOCC(COP(=O)(O)OCCNC(=O)C(Cc1ccc(O)cc1)C(=O)NCCOP(=O)(O)OCC(COCCC(CCCCCCC)OC(=O)CCC/C=C\CCCCCC)NC(=O)CC(=O)CCCCCCCCCCC)NC(=O)CC(=O)CCCCCCCCCCC. The Morgan fingerprint density at radius 2 is 0.689 bits per heavy atom. The fourth-order valence-corrected chi connectivity index (χ4v) is 15.1. The van der Waals surface area contributed by atoms with Crippen molar-refractivity contribution < 1.29 is 99.4 Å². The number of nitrogens with one attached hydrogen (secondary N) is 4. The first-order valence-corrected chi connectivity index (χ1v) is 49.6. The van der Waals surface area contributed by atoms with Crippen LogP contribution in [0.25, 0.3) is 0 Å². The number of rotatable bonds is 86. The number of amides is 4. The molecule has 0 saturated heterocycles. The summed E-state index contributed by atoms with van der Waals surface area (Å²) in [6.07, 6.45) is 53.6. The molecule has 0 aliphatic carbocycles. The Balaban J connectivity index is 3.17. The molecule has 6 unspecified atom stereocenters. The number of phosphoric ester groups is 2. The molecule has 1 aromatic rings. The summed E-state index contributed by atoms with van der Waals surface area (Å²) in [6.45, 7) is 9.67. The number of Topliss-reactive ketones (excluding diaryl/α,β-unsaturated/α-hetero) is 2. The Hall–Kier alpha value is -5.20. The van der Waals surface area contributed by atoms with Gasteiger partial charge in [0.1, 0.15) is 35.4 Å². The molecule has 0 aliphatic heterocycles. The number of hydrogen-bond acceptors (Lipinski definition) is 19. The molecule has 1 aromatic carbocycles. The van der Waals surface area contributed by atoms with Gasteiger partial charge in [0.2, 0.25) is 23.6 Å². The zero-order valence-corrected chi connectivity index (χ0v) is 76.4. The van der Waals surface area contributed by atoms with Crippen molar-refractivity contribution in [2.45, 2.75) is 406 Å². The summed E-state index contributed by atoms with van der Waals surface area (Å²) in [4.78, 5) is 129. The second-order valence-corrected chi connectivity index (χ2v) is 35.0. The van der Waals surface area contributed by atoms with Gasteiger partial charge in [0.05, 0.1) is 77.8 Å². The second kappa shape index (κ2) is 77.6. The quantitative estimate of drug-likeness (QED) is 0.0105. The number of phenols is 1. The Kier molecular flexibility index (Phi) is 72.9. The number of carbonyl (C=O) groups excluding carboxylic acids is 8. The zero-order valence-electron chi connectivity index (χ0n) is 74.6. The van der Waals surface area contributed by atoms with Crippen LogP contribution >= 0.6 is 15.6 Å². The minimum absolute atomic E-state index is 0.0689. The third-order valence-corrected chi connectivity index (χ3v) is 22.7. The number of phenolic OH excluding ortho intramolecular Hbond substituents is 1. The molecule has 0 heterocycles. The first-order chi connectivity index (χ1) is 57.6. The number of hydrogen-bond donors (Lipinski definition) is 7. The van der Waals surface area contributed by atoms with Gasteiger partial charge >= 0.3 is 27.6 Å². The number of carbonyl (C=O) groups is 8. The number of ketones is 2. The molecule has 27 heteroatoms. The summed E-state index contributed by atoms with van der Waals surface area (Å²) in [7, 11) is -9.85. The molecule has 25 nitrogen and oxygen atoms in total. The van der Waals surface area contributed by atoms with Crippen LogP contribution in [-0.2, 0) is 90.9 Å². The zero-order chi connectivity index (χ0) is 87.4. The molecule has 0 aromatic heterocycles. The number of ether oxygens (including phenoxy) is 4. The summed E-state index contributed by atoms with van der Waals surface area (Å²) in [5, 5.41) is 20.5. The van der Waals surface area contributed by atoms with Crippen LogP contribution in [0.2, 0.25) is 0 Å². The fraction of sp³-hybridized carbons (Fsp3) is 0.804.